The van der Waals surface area contributed by atoms with Crippen molar-refractivity contribution >= 4 is 33.1 Å². The minimum absolute atomic E-state index is 0.360. The predicted octanol–water partition coefficient (Wildman–Crippen LogP) is 3.99. The number of piperazine rings is 1. The van der Waals surface area contributed by atoms with E-state index in [2.05, 4.69) is 14.8 Å². The number of fused-ring (bicyclic) bond motifs is 3. The van der Waals surface area contributed by atoms with E-state index >= 15 is 0 Å². The number of rotatable bonds is 2. The lowest BCUT2D eigenvalue weighted by Crippen LogP contribution is -2.47. The third-order valence-electron chi connectivity index (χ3n) is 5.78. The van der Waals surface area contributed by atoms with Gasteiger partial charge in [-0.25, -0.2) is 9.97 Å². The van der Waals surface area contributed by atoms with E-state index in [-0.39, 0.29) is 0 Å². The standard InChI is InChI=1S/C21H24N4OS/c26-17-8-5-4-7-16(17)24-10-12-25(13-11-24)20-19-15-6-2-1-3-9-18(15)27-21(19)23-14-22-20/h4-5,7-8,14,26H,1-3,6,9-13H2. The zero-order chi connectivity index (χ0) is 18.2. The van der Waals surface area contributed by atoms with Crippen LogP contribution in [0.5, 0.6) is 5.75 Å². The van der Waals surface area contributed by atoms with E-state index in [0.717, 1.165) is 48.9 Å². The third kappa shape index (κ3) is 3.02. The van der Waals surface area contributed by atoms with Crippen LogP contribution in [0, 0.1) is 0 Å². The summed E-state index contributed by atoms with van der Waals surface area (Å²) in [5, 5.41) is 11.4. The SMILES string of the molecule is Oc1ccccc1N1CCN(c2ncnc3sc4c(c23)CCCCC4)CC1. The Morgan fingerprint density at radius 3 is 2.52 bits per heavy atom. The Balaban J connectivity index is 1.44. The van der Waals surface area contributed by atoms with Crippen molar-refractivity contribution in [2.45, 2.75) is 32.1 Å². The van der Waals surface area contributed by atoms with Crippen LogP contribution in [0.15, 0.2) is 30.6 Å². The summed E-state index contributed by atoms with van der Waals surface area (Å²) in [6.45, 7) is 3.58. The Bertz CT molecular complexity index is 962. The van der Waals surface area contributed by atoms with Gasteiger partial charge in [0.25, 0.3) is 0 Å². The van der Waals surface area contributed by atoms with Crippen molar-refractivity contribution in [1.82, 2.24) is 9.97 Å². The van der Waals surface area contributed by atoms with Crippen LogP contribution < -0.4 is 9.80 Å². The Morgan fingerprint density at radius 1 is 0.889 bits per heavy atom. The molecule has 27 heavy (non-hydrogen) atoms. The van der Waals surface area contributed by atoms with E-state index in [1.54, 1.807) is 12.4 Å². The molecule has 1 saturated heterocycles. The summed E-state index contributed by atoms with van der Waals surface area (Å²) in [7, 11) is 0. The molecule has 2 aliphatic rings. The Kier molecular flexibility index (Phi) is 4.36. The summed E-state index contributed by atoms with van der Waals surface area (Å²) in [6, 6.07) is 7.61. The first-order valence-electron chi connectivity index (χ1n) is 9.84. The fourth-order valence-corrected chi connectivity index (χ4v) is 5.60. The molecule has 140 valence electrons. The molecule has 1 fully saturated rings. The smallest absolute Gasteiger partial charge is 0.141 e. The van der Waals surface area contributed by atoms with Crippen LogP contribution in [-0.4, -0.2) is 41.3 Å². The van der Waals surface area contributed by atoms with Crippen molar-refractivity contribution in [3.63, 3.8) is 0 Å². The van der Waals surface area contributed by atoms with E-state index in [4.69, 9.17) is 4.98 Å². The number of aromatic hydroxyl groups is 1. The predicted molar refractivity (Wildman–Crippen MR) is 111 cm³/mol. The Morgan fingerprint density at radius 2 is 1.67 bits per heavy atom. The van der Waals surface area contributed by atoms with Crippen molar-refractivity contribution in [2.75, 3.05) is 36.0 Å². The largest absolute Gasteiger partial charge is 0.506 e. The monoisotopic (exact) mass is 380 g/mol. The normalized spacial score (nSPS) is 17.8. The number of phenolic OH excluding ortho intramolecular Hbond substituents is 1. The van der Waals surface area contributed by atoms with Gasteiger partial charge in [-0.3, -0.25) is 0 Å². The average molecular weight is 381 g/mol. The van der Waals surface area contributed by atoms with Crippen LogP contribution in [0.25, 0.3) is 10.2 Å². The molecular formula is C21H24N4OS. The zero-order valence-electron chi connectivity index (χ0n) is 15.4. The maximum atomic E-state index is 10.1. The van der Waals surface area contributed by atoms with Crippen molar-refractivity contribution in [2.24, 2.45) is 0 Å². The summed E-state index contributed by atoms with van der Waals surface area (Å²) in [5.74, 6) is 1.47. The molecule has 1 N–H and O–H groups in total. The second-order valence-electron chi connectivity index (χ2n) is 7.40. The maximum Gasteiger partial charge on any atom is 0.141 e. The van der Waals surface area contributed by atoms with Crippen molar-refractivity contribution in [3.8, 4) is 5.75 Å². The lowest BCUT2D eigenvalue weighted by atomic mass is 10.1. The molecule has 0 unspecified atom stereocenters. The number of thiophene rings is 1. The van der Waals surface area contributed by atoms with Gasteiger partial charge in [0, 0.05) is 31.1 Å². The minimum atomic E-state index is 0.360. The number of anilines is 2. The first kappa shape index (κ1) is 16.8. The molecular weight excluding hydrogens is 356 g/mol. The quantitative estimate of drug-likeness (QED) is 0.681. The van der Waals surface area contributed by atoms with Gasteiger partial charge in [0.15, 0.2) is 0 Å². The van der Waals surface area contributed by atoms with Crippen LogP contribution in [0.1, 0.15) is 29.7 Å². The second-order valence-corrected chi connectivity index (χ2v) is 8.49. The molecule has 3 heterocycles. The fraction of sp³-hybridized carbons (Fsp3) is 0.429. The highest BCUT2D eigenvalue weighted by atomic mass is 32.1. The molecule has 3 aromatic rings. The van der Waals surface area contributed by atoms with Gasteiger partial charge in [-0.15, -0.1) is 11.3 Å². The molecule has 0 saturated carbocycles. The van der Waals surface area contributed by atoms with Crippen molar-refractivity contribution in [3.05, 3.63) is 41.0 Å². The molecule has 5 rings (SSSR count). The number of phenols is 1. The summed E-state index contributed by atoms with van der Waals surface area (Å²) in [5.41, 5.74) is 2.43. The number of aryl methyl sites for hydroxylation is 2. The van der Waals surface area contributed by atoms with Crippen LogP contribution in [-0.2, 0) is 12.8 Å². The summed E-state index contributed by atoms with van der Waals surface area (Å²) >= 11 is 1.87. The molecule has 1 aromatic carbocycles. The van der Waals surface area contributed by atoms with Gasteiger partial charge in [0.1, 0.15) is 22.7 Å². The van der Waals surface area contributed by atoms with Crippen molar-refractivity contribution in [1.29, 1.82) is 0 Å². The molecule has 2 aromatic heterocycles. The van der Waals surface area contributed by atoms with Gasteiger partial charge in [-0.05, 0) is 43.4 Å². The summed E-state index contributed by atoms with van der Waals surface area (Å²) in [4.78, 5) is 16.6. The van der Waals surface area contributed by atoms with Crippen LogP contribution in [0.4, 0.5) is 11.5 Å². The first-order chi connectivity index (χ1) is 13.3. The lowest BCUT2D eigenvalue weighted by Gasteiger charge is -2.37. The van der Waals surface area contributed by atoms with Gasteiger partial charge >= 0.3 is 0 Å². The number of para-hydroxylation sites is 2. The number of aromatic nitrogens is 2. The highest BCUT2D eigenvalue weighted by molar-refractivity contribution is 7.18. The van der Waals surface area contributed by atoms with Gasteiger partial charge in [0.2, 0.25) is 0 Å². The molecule has 1 aliphatic carbocycles. The van der Waals surface area contributed by atoms with E-state index in [9.17, 15) is 5.11 Å². The summed E-state index contributed by atoms with van der Waals surface area (Å²) in [6.07, 6.45) is 7.97. The molecule has 6 heteroatoms. The topological polar surface area (TPSA) is 52.5 Å². The van der Waals surface area contributed by atoms with Gasteiger partial charge < -0.3 is 14.9 Å². The molecule has 0 spiro atoms. The number of hydrogen-bond donors (Lipinski definition) is 1. The molecule has 0 radical (unpaired) electrons. The first-order valence-corrected chi connectivity index (χ1v) is 10.7. The lowest BCUT2D eigenvalue weighted by molar-refractivity contribution is 0.472. The van der Waals surface area contributed by atoms with Gasteiger partial charge in [-0.1, -0.05) is 18.6 Å². The molecule has 0 amide bonds. The summed E-state index contributed by atoms with van der Waals surface area (Å²) < 4.78 is 0. The Labute approximate surface area is 163 Å². The Hall–Kier alpha value is -2.34. The number of benzene rings is 1. The van der Waals surface area contributed by atoms with E-state index in [1.807, 2.05) is 29.5 Å². The molecule has 0 bridgehead atoms. The highest BCUT2D eigenvalue weighted by Crippen LogP contribution is 2.39. The van der Waals surface area contributed by atoms with Crippen LogP contribution in [0.3, 0.4) is 0 Å². The van der Waals surface area contributed by atoms with Gasteiger partial charge in [0.05, 0.1) is 11.1 Å². The van der Waals surface area contributed by atoms with Crippen molar-refractivity contribution < 1.29 is 5.11 Å². The van der Waals surface area contributed by atoms with Crippen LogP contribution >= 0.6 is 11.3 Å². The molecule has 5 nitrogen and oxygen atoms in total. The third-order valence-corrected chi connectivity index (χ3v) is 6.98. The highest BCUT2D eigenvalue weighted by Gasteiger charge is 2.25. The van der Waals surface area contributed by atoms with E-state index in [1.165, 1.54) is 41.5 Å². The second kappa shape index (κ2) is 7.00. The number of hydrogen-bond acceptors (Lipinski definition) is 6. The number of nitrogens with zero attached hydrogens (tertiary/aromatic N) is 4. The minimum Gasteiger partial charge on any atom is -0.506 e. The zero-order valence-corrected chi connectivity index (χ0v) is 16.2. The van der Waals surface area contributed by atoms with Crippen LogP contribution in [0.2, 0.25) is 0 Å². The maximum absolute atomic E-state index is 10.1. The average Bonchev–Trinajstić information content (AvgIpc) is 2.90. The van der Waals surface area contributed by atoms with E-state index in [0.29, 0.717) is 5.75 Å². The van der Waals surface area contributed by atoms with E-state index < -0.39 is 0 Å². The fourth-order valence-electron chi connectivity index (χ4n) is 4.38. The van der Waals surface area contributed by atoms with Gasteiger partial charge in [-0.2, -0.15) is 0 Å². The molecule has 1 aliphatic heterocycles. The molecule has 0 atom stereocenters.